The number of anilines is 1. The highest BCUT2D eigenvalue weighted by Crippen LogP contribution is 2.31. The first-order valence-corrected chi connectivity index (χ1v) is 9.86. The van der Waals surface area contributed by atoms with E-state index in [4.69, 9.17) is 10.7 Å². The van der Waals surface area contributed by atoms with Gasteiger partial charge in [0.15, 0.2) is 0 Å². The van der Waals surface area contributed by atoms with Gasteiger partial charge < -0.3 is 15.8 Å². The van der Waals surface area contributed by atoms with E-state index in [0.717, 1.165) is 5.69 Å². The fourth-order valence-corrected chi connectivity index (χ4v) is 3.27. The zero-order valence-electron chi connectivity index (χ0n) is 17.6. The Morgan fingerprint density at radius 2 is 1.97 bits per heavy atom. The van der Waals surface area contributed by atoms with E-state index in [1.165, 1.54) is 7.11 Å². The zero-order valence-corrected chi connectivity index (χ0v) is 17.6. The minimum atomic E-state index is -0.391. The fraction of sp³-hybridized carbons (Fsp3) is 0.182. The number of aryl methyl sites for hydroxylation is 1. The molecule has 0 aliphatic carbocycles. The number of rotatable bonds is 6. The highest BCUT2D eigenvalue weighted by Gasteiger charge is 2.20. The molecule has 0 saturated carbocycles. The number of methoxy groups -OCH3 is 1. The number of ether oxygens (including phenoxy) is 1. The lowest BCUT2D eigenvalue weighted by atomic mass is 10.1. The van der Waals surface area contributed by atoms with Crippen LogP contribution in [0.25, 0.3) is 28.4 Å². The Balaban J connectivity index is 1.77. The Bertz CT molecular complexity index is 1320. The van der Waals surface area contributed by atoms with E-state index in [1.807, 2.05) is 29.5 Å². The molecule has 10 nitrogen and oxygen atoms in total. The molecule has 0 spiro atoms. The molecular formula is C22H21N7O3. The van der Waals surface area contributed by atoms with Gasteiger partial charge >= 0.3 is 5.97 Å². The normalized spacial score (nSPS) is 10.8. The average Bonchev–Trinajstić information content (AvgIpc) is 3.17. The van der Waals surface area contributed by atoms with Crippen molar-refractivity contribution in [3.63, 3.8) is 0 Å². The van der Waals surface area contributed by atoms with Gasteiger partial charge in [0, 0.05) is 30.2 Å². The Labute approximate surface area is 183 Å². The summed E-state index contributed by atoms with van der Waals surface area (Å²) < 4.78 is 6.41. The molecule has 0 aliphatic rings. The second-order valence-corrected chi connectivity index (χ2v) is 7.00. The second-order valence-electron chi connectivity index (χ2n) is 7.00. The predicted molar refractivity (Wildman–Crippen MR) is 118 cm³/mol. The minimum absolute atomic E-state index is 0.0936. The number of carbonyl (C=O) groups is 2. The first kappa shape index (κ1) is 20.9. The van der Waals surface area contributed by atoms with Gasteiger partial charge in [0.25, 0.3) is 5.91 Å². The summed E-state index contributed by atoms with van der Waals surface area (Å²) in [6.07, 6.45) is 3.41. The Kier molecular flexibility index (Phi) is 5.75. The van der Waals surface area contributed by atoms with Crippen LogP contribution >= 0.6 is 0 Å². The molecule has 0 saturated heterocycles. The molecule has 0 aromatic carbocycles. The molecule has 4 rings (SSSR count). The van der Waals surface area contributed by atoms with E-state index in [9.17, 15) is 9.59 Å². The van der Waals surface area contributed by atoms with Crippen molar-refractivity contribution in [2.45, 2.75) is 13.3 Å². The number of amides is 1. The van der Waals surface area contributed by atoms with Crippen LogP contribution in [0.4, 0.5) is 5.95 Å². The standard InChI is InChI=1S/C22H21N7O3/c1-13-4-3-5-15(26-13)19-20(16-6-9-25-22(23)27-16)29-11-8-14(12-17(29)28-19)21(31)24-10-7-18(30)32-2/h3-6,8-9,11-12H,7,10H2,1-2H3,(H,24,31)(H2,23,25,27). The molecule has 0 aliphatic heterocycles. The third-order valence-corrected chi connectivity index (χ3v) is 4.78. The van der Waals surface area contributed by atoms with Crippen molar-refractivity contribution < 1.29 is 14.3 Å². The van der Waals surface area contributed by atoms with Crippen molar-refractivity contribution in [1.82, 2.24) is 29.7 Å². The van der Waals surface area contributed by atoms with Crippen molar-refractivity contribution in [2.75, 3.05) is 19.4 Å². The molecule has 1 amide bonds. The molecule has 3 N–H and O–H groups in total. The molecular weight excluding hydrogens is 410 g/mol. The topological polar surface area (TPSA) is 137 Å². The SMILES string of the molecule is COC(=O)CCNC(=O)c1ccn2c(-c3ccnc(N)n3)c(-c3cccc(C)n3)nc2c1. The third kappa shape index (κ3) is 4.24. The Morgan fingerprint density at radius 1 is 1.12 bits per heavy atom. The van der Waals surface area contributed by atoms with Gasteiger partial charge in [-0.05, 0) is 37.3 Å². The first-order valence-electron chi connectivity index (χ1n) is 9.86. The monoisotopic (exact) mass is 431 g/mol. The van der Waals surface area contributed by atoms with Crippen molar-refractivity contribution >= 4 is 23.5 Å². The number of nitrogens with zero attached hydrogens (tertiary/aromatic N) is 5. The predicted octanol–water partition coefficient (Wildman–Crippen LogP) is 2.04. The smallest absolute Gasteiger partial charge is 0.307 e. The van der Waals surface area contributed by atoms with E-state index < -0.39 is 5.97 Å². The van der Waals surface area contributed by atoms with E-state index >= 15 is 0 Å². The molecule has 0 unspecified atom stereocenters. The third-order valence-electron chi connectivity index (χ3n) is 4.78. The minimum Gasteiger partial charge on any atom is -0.469 e. The van der Waals surface area contributed by atoms with Crippen LogP contribution in [0.5, 0.6) is 0 Å². The van der Waals surface area contributed by atoms with Crippen LogP contribution in [0.1, 0.15) is 22.5 Å². The van der Waals surface area contributed by atoms with Crippen molar-refractivity contribution in [1.29, 1.82) is 0 Å². The number of hydrogen-bond acceptors (Lipinski definition) is 8. The van der Waals surface area contributed by atoms with Crippen LogP contribution in [0.15, 0.2) is 48.8 Å². The number of nitrogens with two attached hydrogens (primary N) is 1. The van der Waals surface area contributed by atoms with Crippen molar-refractivity contribution in [3.8, 4) is 22.8 Å². The number of esters is 1. The highest BCUT2D eigenvalue weighted by atomic mass is 16.5. The maximum Gasteiger partial charge on any atom is 0.307 e. The van der Waals surface area contributed by atoms with E-state index in [2.05, 4.69) is 25.0 Å². The number of pyridine rings is 2. The number of hydrogen-bond donors (Lipinski definition) is 2. The van der Waals surface area contributed by atoms with Gasteiger partial charge in [0.1, 0.15) is 17.0 Å². The molecule has 0 fully saturated rings. The molecule has 4 aromatic rings. The second kappa shape index (κ2) is 8.80. The quantitative estimate of drug-likeness (QED) is 0.443. The summed E-state index contributed by atoms with van der Waals surface area (Å²) in [5.74, 6) is -0.567. The van der Waals surface area contributed by atoms with Gasteiger partial charge in [0.05, 0.1) is 24.9 Å². The molecule has 4 heterocycles. The molecule has 0 radical (unpaired) electrons. The lowest BCUT2D eigenvalue weighted by Gasteiger charge is -2.07. The largest absolute Gasteiger partial charge is 0.469 e. The summed E-state index contributed by atoms with van der Waals surface area (Å²) in [5.41, 5.74) is 10.1. The first-order chi connectivity index (χ1) is 15.5. The Morgan fingerprint density at radius 3 is 2.72 bits per heavy atom. The summed E-state index contributed by atoms with van der Waals surface area (Å²) in [7, 11) is 1.31. The number of aromatic nitrogens is 5. The number of carbonyl (C=O) groups excluding carboxylic acids is 2. The molecule has 0 bridgehead atoms. The number of imidazole rings is 1. The highest BCUT2D eigenvalue weighted by molar-refractivity contribution is 5.95. The van der Waals surface area contributed by atoms with Gasteiger partial charge in [-0.2, -0.15) is 0 Å². The van der Waals surface area contributed by atoms with Gasteiger partial charge in [-0.3, -0.25) is 19.0 Å². The Hall–Kier alpha value is -4.34. The molecule has 0 atom stereocenters. The van der Waals surface area contributed by atoms with E-state index in [1.54, 1.807) is 30.6 Å². The van der Waals surface area contributed by atoms with Crippen LogP contribution in [0, 0.1) is 6.92 Å². The number of nitrogen functional groups attached to an aromatic ring is 1. The van der Waals surface area contributed by atoms with E-state index in [0.29, 0.717) is 34.0 Å². The summed E-state index contributed by atoms with van der Waals surface area (Å²) in [4.78, 5) is 41.4. The number of fused-ring (bicyclic) bond motifs is 1. The molecule has 4 aromatic heterocycles. The van der Waals surface area contributed by atoms with Gasteiger partial charge in [-0.15, -0.1) is 0 Å². The summed E-state index contributed by atoms with van der Waals surface area (Å²) in [5, 5.41) is 2.70. The maximum absolute atomic E-state index is 12.5. The lowest BCUT2D eigenvalue weighted by molar-refractivity contribution is -0.140. The van der Waals surface area contributed by atoms with Crippen LogP contribution in [0.3, 0.4) is 0 Å². The molecule has 32 heavy (non-hydrogen) atoms. The zero-order chi connectivity index (χ0) is 22.7. The molecule has 10 heteroatoms. The van der Waals surface area contributed by atoms with Gasteiger partial charge in [0.2, 0.25) is 5.95 Å². The average molecular weight is 431 g/mol. The van der Waals surface area contributed by atoms with Crippen LogP contribution in [-0.4, -0.2) is 49.9 Å². The van der Waals surface area contributed by atoms with Crippen LogP contribution < -0.4 is 11.1 Å². The maximum atomic E-state index is 12.5. The summed E-state index contributed by atoms with van der Waals surface area (Å²) in [6.45, 7) is 2.08. The van der Waals surface area contributed by atoms with Crippen molar-refractivity contribution in [3.05, 3.63) is 60.0 Å². The van der Waals surface area contributed by atoms with Gasteiger partial charge in [-0.25, -0.2) is 15.0 Å². The summed E-state index contributed by atoms with van der Waals surface area (Å²) >= 11 is 0. The van der Waals surface area contributed by atoms with Crippen LogP contribution in [0.2, 0.25) is 0 Å². The van der Waals surface area contributed by atoms with Crippen LogP contribution in [-0.2, 0) is 9.53 Å². The van der Waals surface area contributed by atoms with Crippen molar-refractivity contribution in [2.24, 2.45) is 0 Å². The summed E-state index contributed by atoms with van der Waals surface area (Å²) in [6, 6.07) is 10.7. The fourth-order valence-electron chi connectivity index (χ4n) is 3.27. The van der Waals surface area contributed by atoms with E-state index in [-0.39, 0.29) is 24.8 Å². The number of nitrogens with one attached hydrogen (secondary N) is 1. The lowest BCUT2D eigenvalue weighted by Crippen LogP contribution is -2.26. The molecule has 162 valence electrons. The van der Waals surface area contributed by atoms with Gasteiger partial charge in [-0.1, -0.05) is 6.07 Å².